The number of rotatable bonds is 6. The number of aliphatic hydroxyl groups excluding tert-OH is 1. The van der Waals surface area contributed by atoms with Crippen molar-refractivity contribution in [2.24, 2.45) is 0 Å². The number of alkyl halides is 3. The van der Waals surface area contributed by atoms with Crippen molar-refractivity contribution < 1.29 is 40.5 Å². The molecule has 8 nitrogen and oxygen atoms in total. The van der Waals surface area contributed by atoms with E-state index in [1.54, 1.807) is 0 Å². The van der Waals surface area contributed by atoms with Crippen LogP contribution in [-0.2, 0) is 19.7 Å². The highest BCUT2D eigenvalue weighted by Crippen LogP contribution is 2.35. The van der Waals surface area contributed by atoms with Crippen LogP contribution in [-0.4, -0.2) is 48.9 Å². The van der Waals surface area contributed by atoms with Crippen LogP contribution in [0.5, 0.6) is 5.75 Å². The van der Waals surface area contributed by atoms with Crippen molar-refractivity contribution in [1.29, 1.82) is 0 Å². The number of imide groups is 1. The summed E-state index contributed by atoms with van der Waals surface area (Å²) in [7, 11) is -5.94. The zero-order valence-electron chi connectivity index (χ0n) is 13.5. The largest absolute Gasteiger partial charge is 0.534 e. The van der Waals surface area contributed by atoms with Crippen LogP contribution in [0.1, 0.15) is 5.56 Å². The number of nitrogens with zero attached hydrogens (tertiary/aromatic N) is 1. The Morgan fingerprint density at radius 2 is 1.93 bits per heavy atom. The topological polar surface area (TPSA) is 113 Å². The van der Waals surface area contributed by atoms with Gasteiger partial charge in [-0.3, -0.25) is 14.5 Å². The van der Waals surface area contributed by atoms with Crippen molar-refractivity contribution in [2.45, 2.75) is 12.4 Å². The quantitative estimate of drug-likeness (QED) is 0.253. The Bertz CT molecular complexity index is 930. The maximum Gasteiger partial charge on any atom is 0.534 e. The monoisotopic (exact) mass is 520 g/mol. The van der Waals surface area contributed by atoms with Crippen LogP contribution in [0.4, 0.5) is 18.9 Å². The van der Waals surface area contributed by atoms with Crippen LogP contribution in [0.3, 0.4) is 0 Å². The second kappa shape index (κ2) is 7.63. The first-order chi connectivity index (χ1) is 12.4. The number of β-amino-alcohol motifs (C(OH)–C–C–N with tert-alkyl or cyclic N) is 1. The van der Waals surface area contributed by atoms with E-state index in [9.17, 15) is 31.2 Å². The first kappa shape index (κ1) is 21.4. The molecule has 2 rings (SSSR count). The summed E-state index contributed by atoms with van der Waals surface area (Å²) >= 11 is 1.85. The molecule has 148 valence electrons. The molecule has 1 heterocycles. The number of carbonyl (C=O) groups is 2. The van der Waals surface area contributed by atoms with Crippen molar-refractivity contribution in [3.05, 3.63) is 33.0 Å². The van der Waals surface area contributed by atoms with E-state index in [0.29, 0.717) is 14.0 Å². The second-order valence-electron chi connectivity index (χ2n) is 5.28. The van der Waals surface area contributed by atoms with E-state index in [1.165, 1.54) is 13.0 Å². The molecule has 1 aromatic carbocycles. The maximum atomic E-state index is 12.6. The average Bonchev–Trinajstić information content (AvgIpc) is 2.79. The van der Waals surface area contributed by atoms with E-state index < -0.39 is 39.8 Å². The zero-order chi connectivity index (χ0) is 20.6. The molecule has 0 saturated carbocycles. The van der Waals surface area contributed by atoms with Crippen molar-refractivity contribution in [2.75, 3.05) is 18.5 Å². The number of carbonyl (C=O) groups excluding carboxylic acids is 2. The lowest BCUT2D eigenvalue weighted by Crippen LogP contribution is -2.34. The summed E-state index contributed by atoms with van der Waals surface area (Å²) in [6.07, 6.45) is 0.882. The van der Waals surface area contributed by atoms with E-state index in [-0.39, 0.29) is 17.9 Å². The molecular formula is C14H12F3IN2O6S. The van der Waals surface area contributed by atoms with Gasteiger partial charge in [-0.25, -0.2) is 0 Å². The molecule has 0 unspecified atom stereocenters. The minimum atomic E-state index is -5.94. The Hall–Kier alpha value is -1.87. The third-order valence-electron chi connectivity index (χ3n) is 3.35. The Balaban J connectivity index is 2.41. The van der Waals surface area contributed by atoms with E-state index in [2.05, 4.69) is 9.50 Å². The Kier molecular flexibility index (Phi) is 6.06. The second-order valence-corrected chi connectivity index (χ2v) is 7.98. The summed E-state index contributed by atoms with van der Waals surface area (Å²) in [5, 5.41) is 11.3. The van der Waals surface area contributed by atoms with Crippen LogP contribution in [0, 0.1) is 10.5 Å². The first-order valence-corrected chi connectivity index (χ1v) is 9.62. The van der Waals surface area contributed by atoms with Gasteiger partial charge in [0.15, 0.2) is 5.75 Å². The molecule has 0 radical (unpaired) electrons. The number of aryl methyl sites for hydroxylation is 1. The van der Waals surface area contributed by atoms with Crippen molar-refractivity contribution in [3.8, 4) is 5.75 Å². The van der Waals surface area contributed by atoms with Gasteiger partial charge in [0.25, 0.3) is 11.8 Å². The molecule has 2 N–H and O–H groups in total. The summed E-state index contributed by atoms with van der Waals surface area (Å²) in [5.74, 6) is -2.25. The lowest BCUT2D eigenvalue weighted by atomic mass is 10.2. The first-order valence-electron chi connectivity index (χ1n) is 7.13. The number of hydrogen-bond acceptors (Lipinski definition) is 7. The predicted molar refractivity (Wildman–Crippen MR) is 95.0 cm³/mol. The molecule has 2 amide bonds. The van der Waals surface area contributed by atoms with Crippen molar-refractivity contribution >= 4 is 50.2 Å². The summed E-state index contributed by atoms with van der Waals surface area (Å²) in [4.78, 5) is 24.6. The summed E-state index contributed by atoms with van der Waals surface area (Å²) in [6.45, 7) is 0.779. The van der Waals surface area contributed by atoms with Gasteiger partial charge in [-0.15, -0.1) is 0 Å². The fourth-order valence-electron chi connectivity index (χ4n) is 2.04. The van der Waals surface area contributed by atoms with Gasteiger partial charge in [0.05, 0.1) is 18.8 Å². The minimum Gasteiger partial charge on any atom is -0.395 e. The van der Waals surface area contributed by atoms with Crippen LogP contribution >= 0.6 is 22.6 Å². The fourth-order valence-corrected chi connectivity index (χ4v) is 2.98. The number of anilines is 1. The third-order valence-corrected chi connectivity index (χ3v) is 5.47. The maximum absolute atomic E-state index is 12.6. The normalized spacial score (nSPS) is 15.2. The average molecular weight is 520 g/mol. The minimum absolute atomic E-state index is 0.254. The molecule has 0 aliphatic carbocycles. The highest BCUT2D eigenvalue weighted by atomic mass is 127. The number of amides is 2. The van der Waals surface area contributed by atoms with E-state index in [0.717, 1.165) is 12.1 Å². The molecule has 13 heteroatoms. The summed E-state index contributed by atoms with van der Waals surface area (Å²) < 4.78 is 65.2. The number of aliphatic hydroxyl groups is 1. The molecule has 0 fully saturated rings. The van der Waals surface area contributed by atoms with Crippen LogP contribution in [0.2, 0.25) is 0 Å². The molecular weight excluding hydrogens is 508 g/mol. The lowest BCUT2D eigenvalue weighted by Gasteiger charge is -2.17. The summed E-state index contributed by atoms with van der Waals surface area (Å²) in [5.41, 5.74) is -5.77. The Labute approximate surface area is 165 Å². The van der Waals surface area contributed by atoms with Crippen LogP contribution < -0.4 is 9.50 Å². The smallest absolute Gasteiger partial charge is 0.395 e. The number of hydrogen-bond donors (Lipinski definition) is 2. The molecule has 27 heavy (non-hydrogen) atoms. The molecule has 0 saturated heterocycles. The van der Waals surface area contributed by atoms with E-state index in [1.807, 2.05) is 22.6 Å². The van der Waals surface area contributed by atoms with E-state index >= 15 is 0 Å². The molecule has 0 bridgehead atoms. The van der Waals surface area contributed by atoms with E-state index in [4.69, 9.17) is 5.11 Å². The molecule has 1 aliphatic rings. The molecule has 0 spiro atoms. The Morgan fingerprint density at radius 3 is 2.48 bits per heavy atom. The van der Waals surface area contributed by atoms with Gasteiger partial charge < -0.3 is 14.6 Å². The fraction of sp³-hybridized carbons (Fsp3) is 0.286. The predicted octanol–water partition coefficient (Wildman–Crippen LogP) is 1.48. The SMILES string of the molecule is Cc1cc(OS(=O)(=O)C(F)(F)F)c(NC2=CC(=O)N(CCO)C2=O)cc1I. The lowest BCUT2D eigenvalue weighted by molar-refractivity contribution is -0.137. The summed E-state index contributed by atoms with van der Waals surface area (Å²) in [6, 6.07) is 2.32. The van der Waals surface area contributed by atoms with Crippen LogP contribution in [0.15, 0.2) is 23.9 Å². The van der Waals surface area contributed by atoms with Crippen LogP contribution in [0.25, 0.3) is 0 Å². The third kappa shape index (κ3) is 4.52. The number of benzene rings is 1. The van der Waals surface area contributed by atoms with Crippen molar-refractivity contribution in [3.63, 3.8) is 0 Å². The highest BCUT2D eigenvalue weighted by molar-refractivity contribution is 14.1. The molecule has 0 aromatic heterocycles. The standard InChI is InChI=1S/C14H12F3IN2O6S/c1-7-4-11(26-27(24,25)14(15,16)17)9(5-8(7)18)19-10-6-12(22)20(2-3-21)13(10)23/h4-6,19,21H,2-3H2,1H3. The van der Waals surface area contributed by atoms with Gasteiger partial charge in [-0.1, -0.05) is 0 Å². The van der Waals surface area contributed by atoms with Gasteiger partial charge in [0, 0.05) is 9.65 Å². The highest BCUT2D eigenvalue weighted by Gasteiger charge is 2.49. The molecule has 1 aliphatic heterocycles. The number of nitrogens with one attached hydrogen (secondary N) is 1. The Morgan fingerprint density at radius 1 is 1.30 bits per heavy atom. The number of halogens is 4. The molecule has 0 atom stereocenters. The molecule has 1 aromatic rings. The van der Waals surface area contributed by atoms with Gasteiger partial charge in [0.2, 0.25) is 0 Å². The van der Waals surface area contributed by atoms with Gasteiger partial charge >= 0.3 is 15.6 Å². The van der Waals surface area contributed by atoms with Gasteiger partial charge in [0.1, 0.15) is 5.70 Å². The van der Waals surface area contributed by atoms with Gasteiger partial charge in [-0.05, 0) is 47.2 Å². The zero-order valence-corrected chi connectivity index (χ0v) is 16.5. The van der Waals surface area contributed by atoms with Crippen molar-refractivity contribution in [1.82, 2.24) is 4.90 Å². The van der Waals surface area contributed by atoms with Gasteiger partial charge in [-0.2, -0.15) is 21.6 Å².